The summed E-state index contributed by atoms with van der Waals surface area (Å²) in [6.45, 7) is 4.92. The Morgan fingerprint density at radius 3 is 2.25 bits per heavy atom. The molecule has 0 aliphatic carbocycles. The van der Waals surface area contributed by atoms with Gasteiger partial charge in [0.05, 0.1) is 30.5 Å². The fourth-order valence-electron chi connectivity index (χ4n) is 6.25. The van der Waals surface area contributed by atoms with Crippen molar-refractivity contribution in [2.45, 2.75) is 51.2 Å². The first-order valence-corrected chi connectivity index (χ1v) is 17.9. The number of benzene rings is 3. The minimum Gasteiger partial charge on any atom is -0.495 e. The van der Waals surface area contributed by atoms with Gasteiger partial charge in [-0.1, -0.05) is 62.7 Å². The van der Waals surface area contributed by atoms with Crippen LogP contribution in [0.25, 0.3) is 11.1 Å². The highest BCUT2D eigenvalue weighted by Crippen LogP contribution is 2.34. The van der Waals surface area contributed by atoms with E-state index >= 15 is 0 Å². The van der Waals surface area contributed by atoms with Gasteiger partial charge < -0.3 is 25.3 Å². The Balaban J connectivity index is 1.39. The van der Waals surface area contributed by atoms with E-state index in [0.717, 1.165) is 5.56 Å². The zero-order valence-electron chi connectivity index (χ0n) is 31.5. The molecule has 0 aliphatic heterocycles. The molecule has 4 aromatic rings. The van der Waals surface area contributed by atoms with E-state index < -0.39 is 53.6 Å². The Kier molecular flexibility index (Phi) is 14.1. The van der Waals surface area contributed by atoms with E-state index in [1.165, 1.54) is 48.2 Å². The Morgan fingerprint density at radius 2 is 1.67 bits per heavy atom. The van der Waals surface area contributed by atoms with Crippen molar-refractivity contribution in [3.05, 3.63) is 117 Å². The molecule has 0 spiro atoms. The minimum atomic E-state index is -1.43. The lowest BCUT2D eigenvalue weighted by atomic mass is 9.79. The number of aromatic nitrogens is 1. The summed E-state index contributed by atoms with van der Waals surface area (Å²) in [5, 5.41) is 12.7. The molecule has 3 atom stereocenters. The first-order valence-electron chi connectivity index (χ1n) is 17.5. The van der Waals surface area contributed by atoms with Crippen molar-refractivity contribution in [1.29, 1.82) is 5.26 Å². The van der Waals surface area contributed by atoms with Gasteiger partial charge in [0, 0.05) is 34.3 Å². The molecule has 1 unspecified atom stereocenters. The summed E-state index contributed by atoms with van der Waals surface area (Å²) in [7, 11) is 4.89. The summed E-state index contributed by atoms with van der Waals surface area (Å²) in [6, 6.07) is 20.8. The zero-order valence-corrected chi connectivity index (χ0v) is 32.3. The van der Waals surface area contributed by atoms with Crippen molar-refractivity contribution in [1.82, 2.24) is 9.47 Å². The third-order valence-electron chi connectivity index (χ3n) is 9.38. The number of hydrogen-bond donors (Lipinski definition) is 2. The molecule has 14 heteroatoms. The number of nitrogens with zero attached hydrogens (tertiary/aromatic N) is 3. The fraction of sp³-hybridized carbons (Fsp3) is 0.317. The monoisotopic (exact) mass is 769 g/mol. The van der Waals surface area contributed by atoms with Crippen LogP contribution in [0, 0.1) is 17.2 Å². The number of rotatable bonds is 15. The molecule has 13 nitrogen and oxygen atoms in total. The summed E-state index contributed by atoms with van der Waals surface area (Å²) in [6.07, 6.45) is 1.95. The van der Waals surface area contributed by atoms with Crippen LogP contribution in [0.1, 0.15) is 54.7 Å². The van der Waals surface area contributed by atoms with Gasteiger partial charge in [-0.05, 0) is 74.5 Å². The molecule has 0 saturated carbocycles. The number of carbonyl (C=O) groups is 4. The van der Waals surface area contributed by atoms with Crippen molar-refractivity contribution in [2.24, 2.45) is 11.7 Å². The lowest BCUT2D eigenvalue weighted by Gasteiger charge is -2.40. The second-order valence-corrected chi connectivity index (χ2v) is 13.8. The SMILES string of the molecule is CCC(C(=O)Nc1ccc(C(=O)OC[C@H](N)C(=O)OC(=O)[C@](Cc2ccccc2)(C(C)C)N(C)C)cc1)n1cc(OC)c(-c2cc(Cl)ccc2C#N)cc1=O. The largest absolute Gasteiger partial charge is 0.495 e. The summed E-state index contributed by atoms with van der Waals surface area (Å²) >= 11 is 6.17. The number of halogens is 1. The van der Waals surface area contributed by atoms with Crippen LogP contribution < -0.4 is 21.3 Å². The Morgan fingerprint density at radius 1 is 1.00 bits per heavy atom. The molecule has 3 N–H and O–H groups in total. The smallest absolute Gasteiger partial charge is 0.338 e. The number of anilines is 1. The molecular weight excluding hydrogens is 726 g/mol. The van der Waals surface area contributed by atoms with Gasteiger partial charge in [0.25, 0.3) is 5.56 Å². The average Bonchev–Trinajstić information content (AvgIpc) is 3.16. The first kappa shape index (κ1) is 41.9. The van der Waals surface area contributed by atoms with Crippen molar-refractivity contribution in [3.63, 3.8) is 0 Å². The van der Waals surface area contributed by atoms with Gasteiger partial charge in [-0.15, -0.1) is 0 Å². The number of pyridine rings is 1. The second kappa shape index (κ2) is 18.5. The standard InChI is InChI=1S/C41H44ClN5O8/c1-7-34(47-23-35(53-6)32(20-36(47)48)31-19-29(42)16-13-28(31)22-43)37(49)45-30-17-14-27(15-18-30)38(50)54-24-33(44)39(51)55-40(52)41(25(2)3,46(4)5)21-26-11-9-8-10-12-26/h8-20,23,25,33-34H,7,21,24,44H2,1-6H3,(H,45,49)/t33-,34?,41-/m0/s1. The van der Waals surface area contributed by atoms with Gasteiger partial charge in [0.2, 0.25) is 5.91 Å². The van der Waals surface area contributed by atoms with Crippen LogP contribution in [0.15, 0.2) is 89.9 Å². The van der Waals surface area contributed by atoms with Crippen molar-refractivity contribution in [3.8, 4) is 22.9 Å². The Labute approximate surface area is 324 Å². The summed E-state index contributed by atoms with van der Waals surface area (Å²) in [4.78, 5) is 67.7. The van der Waals surface area contributed by atoms with E-state index in [9.17, 15) is 29.2 Å². The number of likely N-dealkylation sites (N-methyl/N-ethyl adjacent to an activating group) is 1. The number of ether oxygens (including phenoxy) is 3. The number of methoxy groups -OCH3 is 1. The average molecular weight is 770 g/mol. The highest BCUT2D eigenvalue weighted by atomic mass is 35.5. The Bertz CT molecular complexity index is 2120. The van der Waals surface area contributed by atoms with E-state index in [0.29, 0.717) is 33.8 Å². The lowest BCUT2D eigenvalue weighted by molar-refractivity contribution is -0.171. The highest BCUT2D eigenvalue weighted by molar-refractivity contribution is 6.31. The van der Waals surface area contributed by atoms with E-state index in [4.69, 9.17) is 31.5 Å². The topological polar surface area (TPSA) is 183 Å². The third-order valence-corrected chi connectivity index (χ3v) is 9.62. The van der Waals surface area contributed by atoms with Crippen LogP contribution in [0.4, 0.5) is 5.69 Å². The van der Waals surface area contributed by atoms with Crippen molar-refractivity contribution >= 4 is 41.1 Å². The maximum Gasteiger partial charge on any atom is 0.338 e. The predicted molar refractivity (Wildman–Crippen MR) is 208 cm³/mol. The van der Waals surface area contributed by atoms with Gasteiger partial charge in [0.15, 0.2) is 0 Å². The summed E-state index contributed by atoms with van der Waals surface area (Å²) in [5.74, 6) is -3.09. The molecule has 4 rings (SSSR count). The number of amides is 1. The molecule has 55 heavy (non-hydrogen) atoms. The van der Waals surface area contributed by atoms with Crippen molar-refractivity contribution in [2.75, 3.05) is 33.1 Å². The molecular formula is C41H44ClN5O8. The van der Waals surface area contributed by atoms with Gasteiger partial charge in [-0.2, -0.15) is 5.26 Å². The molecule has 0 aliphatic rings. The molecule has 1 aromatic heterocycles. The molecule has 0 bridgehead atoms. The summed E-state index contributed by atoms with van der Waals surface area (Å²) < 4.78 is 17.3. The Hall–Kier alpha value is -5.81. The number of nitriles is 1. The number of esters is 3. The van der Waals surface area contributed by atoms with E-state index in [-0.39, 0.29) is 23.7 Å². The molecule has 0 radical (unpaired) electrons. The first-order chi connectivity index (χ1) is 26.2. The molecule has 1 heterocycles. The molecule has 288 valence electrons. The molecule has 0 saturated heterocycles. The minimum absolute atomic E-state index is 0.102. The second-order valence-electron chi connectivity index (χ2n) is 13.3. The maximum atomic E-state index is 13.5. The zero-order chi connectivity index (χ0) is 40.4. The quantitative estimate of drug-likeness (QED) is 0.117. The van der Waals surface area contributed by atoms with Gasteiger partial charge in [0.1, 0.15) is 30.0 Å². The molecule has 3 aromatic carbocycles. The third kappa shape index (κ3) is 9.66. The van der Waals surface area contributed by atoms with Crippen LogP contribution in [0.3, 0.4) is 0 Å². The van der Waals surface area contributed by atoms with Gasteiger partial charge in [-0.3, -0.25) is 19.1 Å². The van der Waals surface area contributed by atoms with Crippen molar-refractivity contribution < 1.29 is 33.4 Å². The molecule has 1 amide bonds. The lowest BCUT2D eigenvalue weighted by Crippen LogP contribution is -2.58. The van der Waals surface area contributed by atoms with E-state index in [1.807, 2.05) is 44.2 Å². The number of nitrogens with one attached hydrogen (secondary N) is 1. The molecule has 0 fully saturated rings. The number of hydrogen-bond acceptors (Lipinski definition) is 11. The van der Waals surface area contributed by atoms with Gasteiger partial charge >= 0.3 is 17.9 Å². The van der Waals surface area contributed by atoms with Crippen LogP contribution >= 0.6 is 11.6 Å². The highest BCUT2D eigenvalue weighted by Gasteiger charge is 2.46. The van der Waals surface area contributed by atoms with E-state index in [1.54, 1.807) is 44.1 Å². The number of carbonyl (C=O) groups excluding carboxylic acids is 4. The fourth-order valence-corrected chi connectivity index (χ4v) is 6.43. The van der Waals surface area contributed by atoms with E-state index in [2.05, 4.69) is 11.4 Å². The van der Waals surface area contributed by atoms with Crippen LogP contribution in [-0.2, 0) is 30.3 Å². The number of nitrogens with two attached hydrogens (primary N) is 1. The normalized spacial score (nSPS) is 13.3. The van der Waals surface area contributed by atoms with Crippen LogP contribution in [-0.4, -0.2) is 72.7 Å². The maximum absolute atomic E-state index is 13.5. The van der Waals surface area contributed by atoms with Crippen LogP contribution in [0.2, 0.25) is 5.02 Å². The van der Waals surface area contributed by atoms with Gasteiger partial charge in [-0.25, -0.2) is 14.4 Å². The predicted octanol–water partition coefficient (Wildman–Crippen LogP) is 5.39. The summed E-state index contributed by atoms with van der Waals surface area (Å²) in [5.41, 5.74) is 6.68. The van der Waals surface area contributed by atoms with Crippen LogP contribution in [0.5, 0.6) is 5.75 Å².